The zero-order chi connectivity index (χ0) is 15.5. The molecule has 0 aliphatic heterocycles. The smallest absolute Gasteiger partial charge is 0.287 e. The number of nitrogens with one attached hydrogen (secondary N) is 1. The van der Waals surface area contributed by atoms with Crippen LogP contribution in [0.1, 0.15) is 21.5 Å². The summed E-state index contributed by atoms with van der Waals surface area (Å²) < 4.78 is 5.59. The quantitative estimate of drug-likeness (QED) is 0.783. The van der Waals surface area contributed by atoms with Crippen molar-refractivity contribution >= 4 is 28.2 Å². The number of thiophene rings is 1. The first-order chi connectivity index (χ1) is 10.6. The summed E-state index contributed by atoms with van der Waals surface area (Å²) in [6.07, 6.45) is 0. The maximum atomic E-state index is 12.3. The van der Waals surface area contributed by atoms with Gasteiger partial charge in [-0.25, -0.2) is 0 Å². The van der Waals surface area contributed by atoms with Crippen LogP contribution in [0.2, 0.25) is 0 Å². The summed E-state index contributed by atoms with van der Waals surface area (Å²) in [6, 6.07) is 13.7. The minimum absolute atomic E-state index is 0.160. The van der Waals surface area contributed by atoms with Crippen LogP contribution in [0.15, 0.2) is 52.3 Å². The Bertz CT molecular complexity index is 729. The molecular weight excluding hydrogens is 296 g/mol. The number of carbonyl (C=O) groups excluding carboxylic acids is 1. The van der Waals surface area contributed by atoms with Crippen molar-refractivity contribution in [1.29, 1.82) is 0 Å². The Balaban J connectivity index is 1.71. The normalized spacial score (nSPS) is 12.7. The van der Waals surface area contributed by atoms with Crippen molar-refractivity contribution in [2.24, 2.45) is 0 Å². The van der Waals surface area contributed by atoms with E-state index in [4.69, 9.17) is 4.42 Å². The Labute approximate surface area is 133 Å². The minimum atomic E-state index is -0.181. The average molecular weight is 314 g/mol. The number of benzene rings is 1. The summed E-state index contributed by atoms with van der Waals surface area (Å²) >= 11 is 1.69. The highest BCUT2D eigenvalue weighted by atomic mass is 32.1. The van der Waals surface area contributed by atoms with E-state index in [1.54, 1.807) is 17.4 Å². The number of furan rings is 1. The van der Waals surface area contributed by atoms with Gasteiger partial charge in [-0.15, -0.1) is 11.3 Å². The molecule has 1 amide bonds. The summed E-state index contributed by atoms with van der Waals surface area (Å²) in [7, 11) is 4.02. The molecule has 1 atom stereocenters. The first-order valence-corrected chi connectivity index (χ1v) is 7.99. The number of hydrogen-bond donors (Lipinski definition) is 1. The van der Waals surface area contributed by atoms with E-state index in [2.05, 4.69) is 16.3 Å². The number of rotatable bonds is 5. The minimum Gasteiger partial charge on any atom is -0.451 e. The van der Waals surface area contributed by atoms with Gasteiger partial charge >= 0.3 is 0 Å². The van der Waals surface area contributed by atoms with E-state index in [1.165, 1.54) is 4.88 Å². The number of carbonyl (C=O) groups is 1. The Morgan fingerprint density at radius 1 is 1.27 bits per heavy atom. The highest BCUT2D eigenvalue weighted by Crippen LogP contribution is 2.23. The molecule has 0 aliphatic rings. The fraction of sp³-hybridized carbons (Fsp3) is 0.235. The van der Waals surface area contributed by atoms with E-state index in [0.29, 0.717) is 12.3 Å². The van der Waals surface area contributed by atoms with E-state index in [9.17, 15) is 4.79 Å². The van der Waals surface area contributed by atoms with Gasteiger partial charge in [0.1, 0.15) is 5.58 Å². The molecular formula is C17H18N2O2S. The molecule has 114 valence electrons. The largest absolute Gasteiger partial charge is 0.451 e. The van der Waals surface area contributed by atoms with Crippen LogP contribution >= 0.6 is 11.3 Å². The summed E-state index contributed by atoms with van der Waals surface area (Å²) in [5.74, 6) is 0.171. The van der Waals surface area contributed by atoms with E-state index in [0.717, 1.165) is 11.0 Å². The van der Waals surface area contributed by atoms with Crippen molar-refractivity contribution in [1.82, 2.24) is 10.2 Å². The lowest BCUT2D eigenvalue weighted by Crippen LogP contribution is -2.34. The maximum absolute atomic E-state index is 12.3. The zero-order valence-electron chi connectivity index (χ0n) is 12.6. The van der Waals surface area contributed by atoms with E-state index in [-0.39, 0.29) is 11.9 Å². The molecule has 5 heteroatoms. The van der Waals surface area contributed by atoms with Gasteiger partial charge in [-0.3, -0.25) is 4.79 Å². The predicted octanol–water partition coefficient (Wildman–Crippen LogP) is 3.53. The maximum Gasteiger partial charge on any atom is 0.287 e. The van der Waals surface area contributed by atoms with Crippen LogP contribution in [0.25, 0.3) is 11.0 Å². The van der Waals surface area contributed by atoms with E-state index >= 15 is 0 Å². The van der Waals surface area contributed by atoms with Gasteiger partial charge in [0.15, 0.2) is 5.76 Å². The fourth-order valence-corrected chi connectivity index (χ4v) is 3.31. The molecule has 0 aliphatic carbocycles. The molecule has 0 bridgehead atoms. The molecule has 3 aromatic rings. The molecule has 0 saturated carbocycles. The monoisotopic (exact) mass is 314 g/mol. The van der Waals surface area contributed by atoms with Crippen molar-refractivity contribution in [2.45, 2.75) is 6.04 Å². The molecule has 1 N–H and O–H groups in total. The van der Waals surface area contributed by atoms with Gasteiger partial charge in [0.2, 0.25) is 0 Å². The van der Waals surface area contributed by atoms with Gasteiger partial charge in [0, 0.05) is 16.8 Å². The van der Waals surface area contributed by atoms with E-state index < -0.39 is 0 Å². The van der Waals surface area contributed by atoms with Gasteiger partial charge < -0.3 is 14.6 Å². The SMILES string of the molecule is CN(C)C(CNC(=O)c1cc2ccccc2o1)c1cccs1. The molecule has 0 radical (unpaired) electrons. The first kappa shape index (κ1) is 14.8. The predicted molar refractivity (Wildman–Crippen MR) is 89.3 cm³/mol. The second-order valence-electron chi connectivity index (χ2n) is 5.35. The van der Waals surface area contributed by atoms with Crippen LogP contribution in [0.3, 0.4) is 0 Å². The zero-order valence-corrected chi connectivity index (χ0v) is 13.4. The van der Waals surface area contributed by atoms with Crippen molar-refractivity contribution < 1.29 is 9.21 Å². The summed E-state index contributed by atoms with van der Waals surface area (Å²) in [4.78, 5) is 15.6. The molecule has 4 nitrogen and oxygen atoms in total. The second-order valence-corrected chi connectivity index (χ2v) is 6.33. The standard InChI is InChI=1S/C17H18N2O2S/c1-19(2)13(16-8-5-9-22-16)11-18-17(20)15-10-12-6-3-4-7-14(12)21-15/h3-10,13H,11H2,1-2H3,(H,18,20). The molecule has 2 heterocycles. The van der Waals surface area contributed by atoms with Crippen LogP contribution in [-0.2, 0) is 0 Å². The number of likely N-dealkylation sites (N-methyl/N-ethyl adjacent to an activating group) is 1. The van der Waals surface area contributed by atoms with Crippen molar-refractivity contribution in [3.8, 4) is 0 Å². The van der Waals surface area contributed by atoms with Crippen LogP contribution in [0, 0.1) is 0 Å². The van der Waals surface area contributed by atoms with Crippen LogP contribution in [0.5, 0.6) is 0 Å². The van der Waals surface area contributed by atoms with Crippen LogP contribution in [-0.4, -0.2) is 31.4 Å². The highest BCUT2D eigenvalue weighted by Gasteiger charge is 2.18. The first-order valence-electron chi connectivity index (χ1n) is 7.12. The average Bonchev–Trinajstić information content (AvgIpc) is 3.16. The molecule has 3 rings (SSSR count). The third kappa shape index (κ3) is 3.05. The van der Waals surface area contributed by atoms with Crippen LogP contribution < -0.4 is 5.32 Å². The van der Waals surface area contributed by atoms with Gasteiger partial charge in [-0.1, -0.05) is 24.3 Å². The Morgan fingerprint density at radius 2 is 2.09 bits per heavy atom. The van der Waals surface area contributed by atoms with Gasteiger partial charge in [-0.2, -0.15) is 0 Å². The molecule has 0 spiro atoms. The van der Waals surface area contributed by atoms with Gasteiger partial charge in [-0.05, 0) is 37.7 Å². The second kappa shape index (κ2) is 6.34. The number of nitrogens with zero attached hydrogens (tertiary/aromatic N) is 1. The third-order valence-electron chi connectivity index (χ3n) is 3.60. The highest BCUT2D eigenvalue weighted by molar-refractivity contribution is 7.10. The van der Waals surface area contributed by atoms with E-state index in [1.807, 2.05) is 49.8 Å². The van der Waals surface area contributed by atoms with Crippen LogP contribution in [0.4, 0.5) is 0 Å². The Morgan fingerprint density at radius 3 is 2.77 bits per heavy atom. The van der Waals surface area contributed by atoms with Crippen molar-refractivity contribution in [3.63, 3.8) is 0 Å². The molecule has 1 unspecified atom stereocenters. The lowest BCUT2D eigenvalue weighted by molar-refractivity contribution is 0.0916. The summed E-state index contributed by atoms with van der Waals surface area (Å²) in [5, 5.41) is 5.95. The molecule has 0 fully saturated rings. The fourth-order valence-electron chi connectivity index (χ4n) is 2.39. The van der Waals surface area contributed by atoms with Crippen molar-refractivity contribution in [2.75, 3.05) is 20.6 Å². The number of fused-ring (bicyclic) bond motifs is 1. The van der Waals surface area contributed by atoms with Crippen molar-refractivity contribution in [3.05, 3.63) is 58.5 Å². The lowest BCUT2D eigenvalue weighted by atomic mass is 10.2. The molecule has 0 saturated heterocycles. The molecule has 2 aromatic heterocycles. The molecule has 1 aromatic carbocycles. The third-order valence-corrected chi connectivity index (χ3v) is 4.57. The number of hydrogen-bond acceptors (Lipinski definition) is 4. The molecule has 22 heavy (non-hydrogen) atoms. The summed E-state index contributed by atoms with van der Waals surface area (Å²) in [5.41, 5.74) is 0.732. The number of amides is 1. The Hall–Kier alpha value is -2.11. The Kier molecular flexibility index (Phi) is 4.27. The number of para-hydroxylation sites is 1. The summed E-state index contributed by atoms with van der Waals surface area (Å²) in [6.45, 7) is 0.545. The van der Waals surface area contributed by atoms with Gasteiger partial charge in [0.05, 0.1) is 6.04 Å². The lowest BCUT2D eigenvalue weighted by Gasteiger charge is -2.23. The van der Waals surface area contributed by atoms with Gasteiger partial charge in [0.25, 0.3) is 5.91 Å². The topological polar surface area (TPSA) is 45.5 Å².